The highest BCUT2D eigenvalue weighted by Gasteiger charge is 2.24. The average molecular weight is 638 g/mol. The highest BCUT2D eigenvalue weighted by molar-refractivity contribution is 9.12. The van der Waals surface area contributed by atoms with Gasteiger partial charge in [-0.15, -0.1) is 0 Å². The smallest absolute Gasteiger partial charge is 0.337 e. The van der Waals surface area contributed by atoms with Crippen LogP contribution in [-0.2, 0) is 22.4 Å². The number of carbonyl (C=O) groups is 1. The number of esters is 1. The number of hydrogen-bond acceptors (Lipinski definition) is 8. The van der Waals surface area contributed by atoms with Crippen molar-refractivity contribution in [3.05, 3.63) is 87.8 Å². The summed E-state index contributed by atoms with van der Waals surface area (Å²) >= 11 is 3.32. The van der Waals surface area contributed by atoms with Crippen LogP contribution in [-0.4, -0.2) is 59.3 Å². The van der Waals surface area contributed by atoms with Crippen LogP contribution in [0.5, 0.6) is 5.88 Å². The number of nitrogens with one attached hydrogen (secondary N) is 1. The van der Waals surface area contributed by atoms with E-state index >= 15 is 8.78 Å². The molecule has 216 valence electrons. The van der Waals surface area contributed by atoms with E-state index in [0.29, 0.717) is 35.6 Å². The van der Waals surface area contributed by atoms with Crippen LogP contribution in [0.25, 0.3) is 22.3 Å². The van der Waals surface area contributed by atoms with Crippen molar-refractivity contribution < 1.29 is 27.8 Å². The number of nitrogens with zero attached hydrogens (tertiary/aromatic N) is 4. The van der Waals surface area contributed by atoms with E-state index < -0.39 is 17.6 Å². The van der Waals surface area contributed by atoms with Crippen molar-refractivity contribution in [2.45, 2.75) is 31.7 Å². The number of halogens is 3. The topological polar surface area (TPSA) is 99.9 Å². The van der Waals surface area contributed by atoms with Crippen molar-refractivity contribution in [2.75, 3.05) is 20.3 Å². The maximum absolute atomic E-state index is 15.5. The van der Waals surface area contributed by atoms with E-state index in [1.165, 1.54) is 13.2 Å². The fourth-order valence-electron chi connectivity index (χ4n) is 4.80. The lowest BCUT2D eigenvalue weighted by Crippen LogP contribution is -2.31. The Morgan fingerprint density at radius 2 is 2.02 bits per heavy atom. The molecule has 12 heteroatoms. The lowest BCUT2D eigenvalue weighted by Gasteiger charge is -2.27. The molecule has 0 amide bonds. The summed E-state index contributed by atoms with van der Waals surface area (Å²) in [6.45, 7) is 1.35. The Bertz CT molecular complexity index is 1720. The van der Waals surface area contributed by atoms with Gasteiger partial charge in [0, 0.05) is 37.1 Å². The van der Waals surface area contributed by atoms with Crippen molar-refractivity contribution in [2.24, 2.45) is 4.99 Å². The van der Waals surface area contributed by atoms with Crippen LogP contribution in [0.15, 0.2) is 64.2 Å². The number of rotatable bonds is 9. The Balaban J connectivity index is 1.25. The van der Waals surface area contributed by atoms with Crippen molar-refractivity contribution >= 4 is 39.1 Å². The summed E-state index contributed by atoms with van der Waals surface area (Å²) in [4.78, 5) is 25.5. The maximum Gasteiger partial charge on any atom is 0.337 e. The Morgan fingerprint density at radius 1 is 1.17 bits per heavy atom. The first-order chi connectivity index (χ1) is 20.4. The molecule has 1 saturated heterocycles. The molecule has 2 atom stereocenters. The van der Waals surface area contributed by atoms with Crippen LogP contribution < -0.4 is 10.1 Å². The molecule has 2 aliphatic heterocycles. The van der Waals surface area contributed by atoms with Crippen LogP contribution in [0.1, 0.15) is 28.2 Å². The summed E-state index contributed by atoms with van der Waals surface area (Å²) in [6, 6.07) is 12.3. The molecule has 2 aliphatic rings. The van der Waals surface area contributed by atoms with E-state index in [9.17, 15) is 4.79 Å². The Labute approximate surface area is 248 Å². The second kappa shape index (κ2) is 12.0. The van der Waals surface area contributed by atoms with Crippen LogP contribution >= 0.6 is 15.9 Å². The number of methoxy groups -OCH3 is 1. The standard InChI is InChI=1S/C30H26BrF2N5O4/c1-40-30(39)17-5-6-25-26(10-17)38(15-20-7-8-41-20)28(36-25)11-18-9-23(33)21(12-22(18)32)24-3-2-4-29(37-24)42-16-27-34-13-19(31)14-35-27/h2-6,9-10,12-14,20,27,34H,7-8,11,15-16H2,1H3/t20-,27?/m0/s1. The molecular weight excluding hydrogens is 612 g/mol. The Morgan fingerprint density at radius 3 is 2.76 bits per heavy atom. The van der Waals surface area contributed by atoms with Gasteiger partial charge >= 0.3 is 5.97 Å². The van der Waals surface area contributed by atoms with Crippen LogP contribution in [0.3, 0.4) is 0 Å². The van der Waals surface area contributed by atoms with Gasteiger partial charge in [-0.1, -0.05) is 6.07 Å². The first-order valence-corrected chi connectivity index (χ1v) is 14.1. The molecule has 1 N–H and O–H groups in total. The molecule has 0 bridgehead atoms. The number of fused-ring (bicyclic) bond motifs is 1. The van der Waals surface area contributed by atoms with Gasteiger partial charge in [-0.2, -0.15) is 0 Å². The van der Waals surface area contributed by atoms with Crippen molar-refractivity contribution in [1.82, 2.24) is 19.9 Å². The SMILES string of the molecule is COC(=O)c1ccc2nc(Cc3cc(F)c(-c4cccc(OCC5N=CC(Br)=CN5)n4)cc3F)n(C[C@@H]3CCO3)c2c1. The number of aromatic nitrogens is 3. The molecule has 0 aliphatic carbocycles. The van der Waals surface area contributed by atoms with Gasteiger partial charge in [-0.3, -0.25) is 4.99 Å². The first-order valence-electron chi connectivity index (χ1n) is 13.3. The van der Waals surface area contributed by atoms with Gasteiger partial charge in [0.05, 0.1) is 46.5 Å². The minimum absolute atomic E-state index is 0.0152. The number of pyridine rings is 1. The van der Waals surface area contributed by atoms with Crippen LogP contribution in [0, 0.1) is 11.6 Å². The molecule has 6 rings (SSSR count). The molecule has 4 heterocycles. The predicted octanol–water partition coefficient (Wildman–Crippen LogP) is 5.16. The number of hydrogen-bond donors (Lipinski definition) is 1. The summed E-state index contributed by atoms with van der Waals surface area (Å²) in [7, 11) is 1.32. The van der Waals surface area contributed by atoms with Crippen molar-refractivity contribution in [1.29, 1.82) is 0 Å². The molecule has 0 spiro atoms. The maximum atomic E-state index is 15.5. The minimum atomic E-state index is -0.623. The van der Waals surface area contributed by atoms with Crippen LogP contribution in [0.4, 0.5) is 8.78 Å². The van der Waals surface area contributed by atoms with Gasteiger partial charge in [0.2, 0.25) is 5.88 Å². The van der Waals surface area contributed by atoms with E-state index in [4.69, 9.17) is 14.2 Å². The molecular formula is C30H26BrF2N5O4. The summed E-state index contributed by atoms with van der Waals surface area (Å²) in [5.41, 5.74) is 2.10. The number of aliphatic imine (C=N–C) groups is 1. The molecule has 9 nitrogen and oxygen atoms in total. The summed E-state index contributed by atoms with van der Waals surface area (Å²) in [6.07, 6.45) is 4.03. The lowest BCUT2D eigenvalue weighted by atomic mass is 10.0. The normalized spacial score (nSPS) is 17.9. The second-order valence-corrected chi connectivity index (χ2v) is 10.8. The fraction of sp³-hybridized carbons (Fsp3) is 0.267. The molecule has 0 radical (unpaired) electrons. The van der Waals surface area contributed by atoms with Gasteiger partial charge in [0.1, 0.15) is 24.1 Å². The van der Waals surface area contributed by atoms with Crippen LogP contribution in [0.2, 0.25) is 0 Å². The van der Waals surface area contributed by atoms with E-state index in [1.807, 2.05) is 4.57 Å². The monoisotopic (exact) mass is 637 g/mol. The molecule has 2 aromatic heterocycles. The molecule has 42 heavy (non-hydrogen) atoms. The Hall–Kier alpha value is -4.16. The summed E-state index contributed by atoms with van der Waals surface area (Å²) in [5.74, 6) is -0.889. The zero-order valence-corrected chi connectivity index (χ0v) is 24.1. The quantitative estimate of drug-likeness (QED) is 0.253. The second-order valence-electron chi connectivity index (χ2n) is 9.88. The third kappa shape index (κ3) is 5.90. The van der Waals surface area contributed by atoms with Gasteiger partial charge < -0.3 is 24.1 Å². The minimum Gasteiger partial charge on any atom is -0.473 e. The van der Waals surface area contributed by atoms with Gasteiger partial charge in [-0.05, 0) is 64.3 Å². The van der Waals surface area contributed by atoms with E-state index in [2.05, 4.69) is 36.2 Å². The third-order valence-corrected chi connectivity index (χ3v) is 7.53. The number of carbonyl (C=O) groups excluding carboxylic acids is 1. The number of benzene rings is 2. The first kappa shape index (κ1) is 28.0. The van der Waals surface area contributed by atoms with Gasteiger partial charge in [0.25, 0.3) is 0 Å². The average Bonchev–Trinajstić information content (AvgIpc) is 3.31. The zero-order chi connectivity index (χ0) is 29.2. The zero-order valence-electron chi connectivity index (χ0n) is 22.5. The molecule has 1 unspecified atom stereocenters. The van der Waals surface area contributed by atoms with E-state index in [0.717, 1.165) is 17.0 Å². The molecule has 4 aromatic rings. The van der Waals surface area contributed by atoms with E-state index in [1.54, 1.807) is 48.8 Å². The third-order valence-electron chi connectivity index (χ3n) is 7.09. The van der Waals surface area contributed by atoms with Gasteiger partial charge in [-0.25, -0.2) is 23.5 Å². The highest BCUT2D eigenvalue weighted by Crippen LogP contribution is 2.29. The number of imidazole rings is 1. The number of ether oxygens (including phenoxy) is 3. The molecule has 0 saturated carbocycles. The highest BCUT2D eigenvalue weighted by atomic mass is 79.9. The van der Waals surface area contributed by atoms with E-state index in [-0.39, 0.29) is 48.0 Å². The number of allylic oxidation sites excluding steroid dienone is 1. The Kier molecular flexibility index (Phi) is 7.98. The molecule has 1 fully saturated rings. The molecule has 2 aromatic carbocycles. The fourth-order valence-corrected chi connectivity index (χ4v) is 5.05. The lowest BCUT2D eigenvalue weighted by molar-refractivity contribution is -0.0589. The summed E-state index contributed by atoms with van der Waals surface area (Å²) in [5, 5.41) is 3.06. The van der Waals surface area contributed by atoms with Crippen molar-refractivity contribution in [3.8, 4) is 17.1 Å². The largest absolute Gasteiger partial charge is 0.473 e. The predicted molar refractivity (Wildman–Crippen MR) is 156 cm³/mol. The summed E-state index contributed by atoms with van der Waals surface area (Å²) < 4.78 is 49.9. The van der Waals surface area contributed by atoms with Gasteiger partial charge in [0.15, 0.2) is 6.17 Å². The van der Waals surface area contributed by atoms with Crippen molar-refractivity contribution in [3.63, 3.8) is 0 Å².